The van der Waals surface area contributed by atoms with Gasteiger partial charge in [0.15, 0.2) is 5.78 Å². The van der Waals surface area contributed by atoms with Crippen LogP contribution in [0.4, 0.5) is 0 Å². The molecule has 0 aliphatic heterocycles. The fourth-order valence-electron chi connectivity index (χ4n) is 0.561. The highest BCUT2D eigenvalue weighted by molar-refractivity contribution is 5.96. The Bertz CT molecular complexity index is 177. The number of carboxylic acid groups (broad SMARTS) is 1. The molecule has 0 aromatic heterocycles. The minimum absolute atomic E-state index is 0.806. The van der Waals surface area contributed by atoms with Crippen molar-refractivity contribution >= 4 is 11.8 Å². The molecule has 0 saturated heterocycles. The average Bonchev–Trinajstić information content (AvgIpc) is 2.00. The number of ketones is 1. The molecule has 12 heavy (non-hydrogen) atoms. The zero-order valence-electron chi connectivity index (χ0n) is 6.14. The Kier molecular flexibility index (Phi) is 4.42. The number of aliphatic carboxylic acids is 1. The van der Waals surface area contributed by atoms with Crippen LogP contribution in [0.15, 0.2) is 0 Å². The molecular formula is C6H9O6-. The monoisotopic (exact) mass is 177 g/mol. The molecule has 0 radical (unpaired) electrons. The number of aliphatic hydroxyl groups is 3. The van der Waals surface area contributed by atoms with E-state index in [1.165, 1.54) is 0 Å². The van der Waals surface area contributed by atoms with Gasteiger partial charge < -0.3 is 25.2 Å². The number of hydrogen-bond acceptors (Lipinski definition) is 6. The first-order valence-electron chi connectivity index (χ1n) is 3.18. The lowest BCUT2D eigenvalue weighted by atomic mass is 10.1. The lowest BCUT2D eigenvalue weighted by Gasteiger charge is -2.13. The van der Waals surface area contributed by atoms with Crippen LogP contribution in [-0.4, -0.2) is 45.9 Å². The second kappa shape index (κ2) is 4.81. The van der Waals surface area contributed by atoms with Gasteiger partial charge in [0, 0.05) is 12.4 Å². The predicted octanol–water partition coefficient (Wildman–Crippen LogP) is -3.59. The molecule has 6 nitrogen and oxygen atoms in total. The fraction of sp³-hybridized carbons (Fsp3) is 0.667. The third kappa shape index (κ3) is 3.42. The average molecular weight is 177 g/mol. The summed E-state index contributed by atoms with van der Waals surface area (Å²) in [7, 11) is 0. The Balaban J connectivity index is 4.01. The lowest BCUT2D eigenvalue weighted by Crippen LogP contribution is -2.39. The van der Waals surface area contributed by atoms with Gasteiger partial charge in [0.2, 0.25) is 0 Å². The molecule has 6 heteroatoms. The summed E-state index contributed by atoms with van der Waals surface area (Å²) in [4.78, 5) is 20.4. The Labute approximate surface area is 68.1 Å². The van der Waals surface area contributed by atoms with E-state index in [1.54, 1.807) is 0 Å². The zero-order valence-corrected chi connectivity index (χ0v) is 6.14. The molecule has 3 N–H and O–H groups in total. The molecule has 0 fully saturated rings. The molecule has 70 valence electrons. The number of carbonyl (C=O) groups excluding carboxylic acids is 2. The van der Waals surface area contributed by atoms with E-state index < -0.39 is 37.0 Å². The van der Waals surface area contributed by atoms with Crippen LogP contribution < -0.4 is 5.11 Å². The molecular weight excluding hydrogens is 168 g/mol. The van der Waals surface area contributed by atoms with E-state index in [9.17, 15) is 14.7 Å². The van der Waals surface area contributed by atoms with E-state index in [2.05, 4.69) is 0 Å². The van der Waals surface area contributed by atoms with Gasteiger partial charge in [-0.2, -0.15) is 0 Å². The molecule has 0 aromatic rings. The normalized spacial score (nSPS) is 15.2. The van der Waals surface area contributed by atoms with Gasteiger partial charge in [-0.05, 0) is 0 Å². The van der Waals surface area contributed by atoms with Crippen molar-refractivity contribution < 1.29 is 30.0 Å². The van der Waals surface area contributed by atoms with Crippen molar-refractivity contribution in [2.45, 2.75) is 18.6 Å². The van der Waals surface area contributed by atoms with Gasteiger partial charge in [-0.3, -0.25) is 4.79 Å². The van der Waals surface area contributed by atoms with E-state index in [-0.39, 0.29) is 0 Å². The summed E-state index contributed by atoms with van der Waals surface area (Å²) >= 11 is 0. The number of Topliss-reactive ketones (excluding diaryl/α,β-unsaturated/α-hetero) is 1. The van der Waals surface area contributed by atoms with Crippen LogP contribution in [0.3, 0.4) is 0 Å². The van der Waals surface area contributed by atoms with Crippen molar-refractivity contribution in [2.24, 2.45) is 0 Å². The molecule has 2 atom stereocenters. The second-order valence-corrected chi connectivity index (χ2v) is 2.21. The van der Waals surface area contributed by atoms with Crippen LogP contribution in [0.5, 0.6) is 0 Å². The number of rotatable bonds is 5. The molecule has 0 aliphatic rings. The van der Waals surface area contributed by atoms with Crippen LogP contribution in [0.2, 0.25) is 0 Å². The van der Waals surface area contributed by atoms with E-state index in [1.807, 2.05) is 0 Å². The van der Waals surface area contributed by atoms with Gasteiger partial charge >= 0.3 is 0 Å². The molecule has 0 bridgehead atoms. The first kappa shape index (κ1) is 11.0. The minimum Gasteiger partial charge on any atom is -0.550 e. The molecule has 0 aromatic carbocycles. The number of carboxylic acids is 1. The van der Waals surface area contributed by atoms with Crippen molar-refractivity contribution in [3.05, 3.63) is 0 Å². The maximum atomic E-state index is 10.6. The van der Waals surface area contributed by atoms with Crippen molar-refractivity contribution in [2.75, 3.05) is 6.61 Å². The largest absolute Gasteiger partial charge is 0.550 e. The van der Waals surface area contributed by atoms with Gasteiger partial charge in [0.25, 0.3) is 0 Å². The van der Waals surface area contributed by atoms with Crippen LogP contribution in [0, 0.1) is 0 Å². The Hall–Kier alpha value is -0.980. The number of carbonyl (C=O) groups is 2. The number of aliphatic hydroxyl groups excluding tert-OH is 3. The van der Waals surface area contributed by atoms with Crippen molar-refractivity contribution in [1.82, 2.24) is 0 Å². The molecule has 0 spiro atoms. The van der Waals surface area contributed by atoms with Gasteiger partial charge in [0.1, 0.15) is 12.2 Å². The summed E-state index contributed by atoms with van der Waals surface area (Å²) in [6.45, 7) is -0.806. The highest BCUT2D eigenvalue weighted by Crippen LogP contribution is 1.97. The second-order valence-electron chi connectivity index (χ2n) is 2.21. The molecule has 2 unspecified atom stereocenters. The van der Waals surface area contributed by atoms with Gasteiger partial charge in [0.05, 0.1) is 6.61 Å². The minimum atomic E-state index is -1.87. The SMILES string of the molecule is O=C([O-])CC(=O)C(O)C(O)CO. The fourth-order valence-corrected chi connectivity index (χ4v) is 0.561. The van der Waals surface area contributed by atoms with Crippen molar-refractivity contribution in [3.8, 4) is 0 Å². The topological polar surface area (TPSA) is 118 Å². The van der Waals surface area contributed by atoms with E-state index >= 15 is 0 Å². The summed E-state index contributed by atoms with van der Waals surface area (Å²) in [5.41, 5.74) is 0. The molecule has 0 rings (SSSR count). The maximum Gasteiger partial charge on any atom is 0.169 e. The van der Waals surface area contributed by atoms with E-state index in [4.69, 9.17) is 15.3 Å². The Morgan fingerprint density at radius 3 is 2.17 bits per heavy atom. The Morgan fingerprint density at radius 2 is 1.83 bits per heavy atom. The first-order chi connectivity index (χ1) is 5.49. The lowest BCUT2D eigenvalue weighted by molar-refractivity contribution is -0.304. The highest BCUT2D eigenvalue weighted by atomic mass is 16.4. The van der Waals surface area contributed by atoms with Crippen LogP contribution in [0.25, 0.3) is 0 Å². The van der Waals surface area contributed by atoms with E-state index in [0.29, 0.717) is 0 Å². The van der Waals surface area contributed by atoms with Crippen molar-refractivity contribution in [3.63, 3.8) is 0 Å². The van der Waals surface area contributed by atoms with Gasteiger partial charge in [-0.25, -0.2) is 0 Å². The van der Waals surface area contributed by atoms with Crippen molar-refractivity contribution in [1.29, 1.82) is 0 Å². The summed E-state index contributed by atoms with van der Waals surface area (Å²) < 4.78 is 0. The zero-order chi connectivity index (χ0) is 9.72. The summed E-state index contributed by atoms with van der Waals surface area (Å²) in [5, 5.41) is 35.6. The van der Waals surface area contributed by atoms with Crippen LogP contribution in [-0.2, 0) is 9.59 Å². The predicted molar refractivity (Wildman–Crippen MR) is 33.7 cm³/mol. The summed E-state index contributed by atoms with van der Waals surface area (Å²) in [6, 6.07) is 0. The maximum absolute atomic E-state index is 10.6. The van der Waals surface area contributed by atoms with Gasteiger partial charge in [-0.1, -0.05) is 0 Å². The highest BCUT2D eigenvalue weighted by Gasteiger charge is 2.22. The number of hydrogen-bond donors (Lipinski definition) is 3. The smallest absolute Gasteiger partial charge is 0.169 e. The Morgan fingerprint density at radius 1 is 1.33 bits per heavy atom. The van der Waals surface area contributed by atoms with Gasteiger partial charge in [-0.15, -0.1) is 0 Å². The molecule has 0 heterocycles. The van der Waals surface area contributed by atoms with E-state index in [0.717, 1.165) is 0 Å². The standard InChI is InChI=1S/C6H10O6/c7-2-4(9)6(12)3(8)1-5(10)11/h4,6-7,9,12H,1-2H2,(H,10,11)/p-1. The summed E-state index contributed by atoms with van der Waals surface area (Å²) in [6.07, 6.45) is -4.48. The summed E-state index contributed by atoms with van der Waals surface area (Å²) in [5.74, 6) is -2.72. The van der Waals surface area contributed by atoms with Crippen LogP contribution in [0.1, 0.15) is 6.42 Å². The molecule has 0 amide bonds. The molecule has 0 saturated carbocycles. The molecule has 0 aliphatic carbocycles. The van der Waals surface area contributed by atoms with Crippen LogP contribution >= 0.6 is 0 Å². The quantitative estimate of drug-likeness (QED) is 0.373. The first-order valence-corrected chi connectivity index (χ1v) is 3.18. The third-order valence-corrected chi connectivity index (χ3v) is 1.20. The third-order valence-electron chi connectivity index (χ3n) is 1.20.